The van der Waals surface area contributed by atoms with E-state index < -0.39 is 0 Å². The zero-order chi connectivity index (χ0) is 10.1. The molecule has 1 aromatic carbocycles. The minimum atomic E-state index is 0.462. The van der Waals surface area contributed by atoms with Crippen LogP contribution in [0.4, 0.5) is 0 Å². The third kappa shape index (κ3) is 1.49. The van der Waals surface area contributed by atoms with Crippen LogP contribution in [0.2, 0.25) is 0 Å². The van der Waals surface area contributed by atoms with Crippen molar-refractivity contribution in [2.24, 2.45) is 0 Å². The van der Waals surface area contributed by atoms with Gasteiger partial charge in [-0.2, -0.15) is 0 Å². The van der Waals surface area contributed by atoms with E-state index in [4.69, 9.17) is 16.3 Å². The molecule has 0 aliphatic heterocycles. The zero-order valence-electron chi connectivity index (χ0n) is 7.58. The molecule has 2 rings (SSSR count). The summed E-state index contributed by atoms with van der Waals surface area (Å²) in [5.74, 6) is 1.25. The van der Waals surface area contributed by atoms with Crippen molar-refractivity contribution >= 4 is 45.7 Å². The fourth-order valence-corrected chi connectivity index (χ4v) is 3.01. The van der Waals surface area contributed by atoms with Crippen LogP contribution in [0.3, 0.4) is 0 Å². The Morgan fingerprint density at radius 2 is 2.36 bits per heavy atom. The van der Waals surface area contributed by atoms with Crippen molar-refractivity contribution in [2.45, 2.75) is 10.8 Å². The molecule has 0 saturated carbocycles. The van der Waals surface area contributed by atoms with E-state index in [0.717, 1.165) is 16.2 Å². The normalized spacial score (nSPS) is 10.8. The highest BCUT2D eigenvalue weighted by molar-refractivity contribution is 7.80. The van der Waals surface area contributed by atoms with Crippen molar-refractivity contribution in [3.63, 3.8) is 0 Å². The summed E-state index contributed by atoms with van der Waals surface area (Å²) in [6, 6.07) is 4.06. The van der Waals surface area contributed by atoms with E-state index in [9.17, 15) is 0 Å². The second-order valence-corrected chi connectivity index (χ2v) is 4.53. The molecule has 0 spiro atoms. The van der Waals surface area contributed by atoms with Gasteiger partial charge in [0.05, 0.1) is 12.0 Å². The van der Waals surface area contributed by atoms with Gasteiger partial charge in [0, 0.05) is 10.6 Å². The van der Waals surface area contributed by atoms with Crippen molar-refractivity contribution < 1.29 is 4.74 Å². The van der Waals surface area contributed by atoms with Gasteiger partial charge in [-0.25, -0.2) is 0 Å². The number of thiophene rings is 1. The molecule has 0 saturated heterocycles. The molecule has 2 aromatic rings. The van der Waals surface area contributed by atoms with E-state index in [2.05, 4.69) is 18.7 Å². The molecule has 0 radical (unpaired) electrons. The number of alkyl halides is 1. The molecular weight excluding hydrogens is 236 g/mol. The lowest BCUT2D eigenvalue weighted by molar-refractivity contribution is 0.405. The van der Waals surface area contributed by atoms with Crippen molar-refractivity contribution in [1.82, 2.24) is 0 Å². The summed E-state index contributed by atoms with van der Waals surface area (Å²) in [5.41, 5.74) is 1.05. The van der Waals surface area contributed by atoms with Gasteiger partial charge in [-0.1, -0.05) is 0 Å². The molecule has 74 valence electrons. The number of thiol groups is 1. The highest BCUT2D eigenvalue weighted by atomic mass is 35.5. The summed E-state index contributed by atoms with van der Waals surface area (Å²) in [5, 5.41) is 3.23. The number of methoxy groups -OCH3 is 1. The molecule has 4 heteroatoms. The van der Waals surface area contributed by atoms with Crippen LogP contribution in [-0.2, 0) is 5.88 Å². The standard InChI is InChI=1S/C10H9ClOS2/c1-12-8-4-9-6(2-3-14-9)7(5-11)10(8)13/h2-4,13H,5H2,1H3. The molecule has 1 heterocycles. The van der Waals surface area contributed by atoms with E-state index in [-0.39, 0.29) is 0 Å². The number of halogens is 1. The largest absolute Gasteiger partial charge is 0.496 e. The van der Waals surface area contributed by atoms with Crippen LogP contribution >= 0.6 is 35.6 Å². The lowest BCUT2D eigenvalue weighted by Gasteiger charge is -2.08. The van der Waals surface area contributed by atoms with E-state index in [1.807, 2.05) is 11.4 Å². The molecule has 0 bridgehead atoms. The molecule has 0 atom stereocenters. The fraction of sp³-hybridized carbons (Fsp3) is 0.200. The second kappa shape index (κ2) is 4.01. The van der Waals surface area contributed by atoms with Gasteiger partial charge < -0.3 is 4.74 Å². The average Bonchev–Trinajstić information content (AvgIpc) is 2.64. The van der Waals surface area contributed by atoms with Crippen molar-refractivity contribution in [2.75, 3.05) is 7.11 Å². The number of fused-ring (bicyclic) bond motifs is 1. The van der Waals surface area contributed by atoms with Gasteiger partial charge in [0.2, 0.25) is 0 Å². The van der Waals surface area contributed by atoms with Crippen molar-refractivity contribution in [1.29, 1.82) is 0 Å². The maximum Gasteiger partial charge on any atom is 0.133 e. The molecule has 0 amide bonds. The highest BCUT2D eigenvalue weighted by Gasteiger charge is 2.10. The minimum absolute atomic E-state index is 0.462. The van der Waals surface area contributed by atoms with Crippen LogP contribution < -0.4 is 4.74 Å². The zero-order valence-corrected chi connectivity index (χ0v) is 10.0. The Hall–Kier alpha value is -0.380. The maximum absolute atomic E-state index is 5.90. The van der Waals surface area contributed by atoms with E-state index in [1.165, 1.54) is 10.1 Å². The smallest absolute Gasteiger partial charge is 0.133 e. The highest BCUT2D eigenvalue weighted by Crippen LogP contribution is 2.36. The summed E-state index contributed by atoms with van der Waals surface area (Å²) in [6.07, 6.45) is 0. The first-order chi connectivity index (χ1) is 6.77. The molecular formula is C10H9ClOS2. The van der Waals surface area contributed by atoms with Gasteiger partial charge in [0.1, 0.15) is 5.75 Å². The lowest BCUT2D eigenvalue weighted by Crippen LogP contribution is -1.89. The molecule has 0 unspecified atom stereocenters. The minimum Gasteiger partial charge on any atom is -0.496 e. The summed E-state index contributed by atoms with van der Waals surface area (Å²) in [6.45, 7) is 0. The number of ether oxygens (including phenoxy) is 1. The van der Waals surface area contributed by atoms with Crippen LogP contribution in [0, 0.1) is 0 Å². The second-order valence-electron chi connectivity index (χ2n) is 2.87. The number of hydrogen-bond acceptors (Lipinski definition) is 3. The molecule has 0 aliphatic rings. The first-order valence-corrected chi connectivity index (χ1v) is 5.96. The third-order valence-corrected chi connectivity index (χ3v) is 3.78. The van der Waals surface area contributed by atoms with Crippen LogP contribution in [0.15, 0.2) is 22.4 Å². The SMILES string of the molecule is COc1cc2sccc2c(CCl)c1S. The Labute approximate surface area is 97.1 Å². The summed E-state index contributed by atoms with van der Waals surface area (Å²) < 4.78 is 6.43. The monoisotopic (exact) mass is 244 g/mol. The van der Waals surface area contributed by atoms with E-state index in [0.29, 0.717) is 5.88 Å². The summed E-state index contributed by atoms with van der Waals surface area (Å²) in [7, 11) is 1.65. The van der Waals surface area contributed by atoms with Crippen LogP contribution in [0.25, 0.3) is 10.1 Å². The third-order valence-electron chi connectivity index (χ3n) is 2.16. The van der Waals surface area contributed by atoms with Crippen molar-refractivity contribution in [3.05, 3.63) is 23.1 Å². The molecule has 0 fully saturated rings. The maximum atomic E-state index is 5.90. The average molecular weight is 245 g/mol. The Kier molecular flexibility index (Phi) is 2.91. The molecule has 14 heavy (non-hydrogen) atoms. The number of benzene rings is 1. The predicted octanol–water partition coefficient (Wildman–Crippen LogP) is 3.94. The van der Waals surface area contributed by atoms with E-state index >= 15 is 0 Å². The van der Waals surface area contributed by atoms with Gasteiger partial charge in [-0.15, -0.1) is 35.6 Å². The summed E-state index contributed by atoms with van der Waals surface area (Å²) in [4.78, 5) is 0.841. The van der Waals surface area contributed by atoms with Gasteiger partial charge in [-0.05, 0) is 28.5 Å². The molecule has 1 aromatic heterocycles. The molecule has 1 nitrogen and oxygen atoms in total. The Morgan fingerprint density at radius 3 is 3.00 bits per heavy atom. The van der Waals surface area contributed by atoms with E-state index in [1.54, 1.807) is 18.4 Å². The van der Waals surface area contributed by atoms with Gasteiger partial charge in [-0.3, -0.25) is 0 Å². The first kappa shape index (κ1) is 10.1. The fourth-order valence-electron chi connectivity index (χ4n) is 1.44. The van der Waals surface area contributed by atoms with Crippen LogP contribution in [0.1, 0.15) is 5.56 Å². The number of hydrogen-bond donors (Lipinski definition) is 1. The van der Waals surface area contributed by atoms with Crippen LogP contribution in [0.5, 0.6) is 5.75 Å². The molecule has 0 aliphatic carbocycles. The Balaban J connectivity index is 2.80. The van der Waals surface area contributed by atoms with Gasteiger partial charge in [0.25, 0.3) is 0 Å². The van der Waals surface area contributed by atoms with Crippen LogP contribution in [-0.4, -0.2) is 7.11 Å². The predicted molar refractivity (Wildman–Crippen MR) is 65.2 cm³/mol. The first-order valence-electron chi connectivity index (χ1n) is 4.10. The quantitative estimate of drug-likeness (QED) is 0.622. The van der Waals surface area contributed by atoms with Gasteiger partial charge in [0.15, 0.2) is 0 Å². The Bertz CT molecular complexity index is 464. The summed E-state index contributed by atoms with van der Waals surface area (Å²) >= 11 is 12.0. The number of rotatable bonds is 2. The van der Waals surface area contributed by atoms with Gasteiger partial charge >= 0.3 is 0 Å². The Morgan fingerprint density at radius 1 is 1.57 bits per heavy atom. The topological polar surface area (TPSA) is 9.23 Å². The lowest BCUT2D eigenvalue weighted by atomic mass is 10.1. The van der Waals surface area contributed by atoms with Crippen molar-refractivity contribution in [3.8, 4) is 5.75 Å². The molecule has 0 N–H and O–H groups in total.